The van der Waals surface area contributed by atoms with Crippen molar-refractivity contribution in [2.24, 2.45) is 0 Å². The van der Waals surface area contributed by atoms with E-state index in [4.69, 9.17) is 5.73 Å². The third kappa shape index (κ3) is 1.48. The number of aryl methyl sites for hydroxylation is 1. The lowest BCUT2D eigenvalue weighted by Gasteiger charge is -2.16. The maximum Gasteiger partial charge on any atom is 0.119 e. The average molecular weight is 203 g/mol. The Hall–Kier alpha value is -1.51. The molecule has 0 aliphatic heterocycles. The van der Waals surface area contributed by atoms with E-state index in [0.717, 1.165) is 22.7 Å². The molecule has 0 aromatic carbocycles. The van der Waals surface area contributed by atoms with Crippen molar-refractivity contribution in [1.29, 1.82) is 0 Å². The topological polar surface area (TPSA) is 43.3 Å². The fraction of sp³-hybridized carbons (Fsp3) is 0.417. The molecule has 0 aliphatic rings. The van der Waals surface area contributed by atoms with Gasteiger partial charge in [0.2, 0.25) is 0 Å². The van der Waals surface area contributed by atoms with E-state index in [1.54, 1.807) is 0 Å². The molecule has 0 atom stereocenters. The molecule has 0 bridgehead atoms. The van der Waals surface area contributed by atoms with Gasteiger partial charge in [0.05, 0.1) is 16.9 Å². The van der Waals surface area contributed by atoms with Crippen LogP contribution in [0.25, 0.3) is 5.52 Å². The summed E-state index contributed by atoms with van der Waals surface area (Å²) in [6.07, 6.45) is 2.02. The predicted octanol–water partition coefficient (Wildman–Crippen LogP) is 2.52. The summed E-state index contributed by atoms with van der Waals surface area (Å²) in [4.78, 5) is 4.60. The minimum absolute atomic E-state index is 0.0327. The summed E-state index contributed by atoms with van der Waals surface area (Å²) >= 11 is 0. The lowest BCUT2D eigenvalue weighted by atomic mass is 9.96. The molecule has 0 radical (unpaired) electrons. The summed E-state index contributed by atoms with van der Waals surface area (Å²) in [5.74, 6) is 1.06. The summed E-state index contributed by atoms with van der Waals surface area (Å²) in [6.45, 7) is 8.47. The number of nitrogens with two attached hydrogens (primary N) is 1. The quantitative estimate of drug-likeness (QED) is 0.715. The molecule has 80 valence electrons. The van der Waals surface area contributed by atoms with E-state index < -0.39 is 0 Å². The van der Waals surface area contributed by atoms with Gasteiger partial charge in [-0.25, -0.2) is 4.98 Å². The minimum Gasteiger partial charge on any atom is -0.397 e. The second kappa shape index (κ2) is 2.99. The van der Waals surface area contributed by atoms with E-state index in [-0.39, 0.29) is 5.41 Å². The van der Waals surface area contributed by atoms with Crippen LogP contribution in [0, 0.1) is 6.92 Å². The SMILES string of the molecule is Cc1nc(C(C)(C)C)n2cccc(N)c12. The summed E-state index contributed by atoms with van der Waals surface area (Å²) in [5, 5.41) is 0. The van der Waals surface area contributed by atoms with E-state index in [1.807, 2.05) is 25.3 Å². The Balaban J connectivity index is 2.85. The lowest BCUT2D eigenvalue weighted by Crippen LogP contribution is -2.15. The Morgan fingerprint density at radius 1 is 1.33 bits per heavy atom. The van der Waals surface area contributed by atoms with Crippen molar-refractivity contribution in [2.45, 2.75) is 33.1 Å². The molecule has 0 saturated carbocycles. The van der Waals surface area contributed by atoms with Crippen molar-refractivity contribution in [3.05, 3.63) is 29.8 Å². The van der Waals surface area contributed by atoms with Crippen molar-refractivity contribution in [1.82, 2.24) is 9.38 Å². The van der Waals surface area contributed by atoms with Gasteiger partial charge in [-0.2, -0.15) is 0 Å². The highest BCUT2D eigenvalue weighted by Crippen LogP contribution is 2.26. The van der Waals surface area contributed by atoms with Crippen LogP contribution in [-0.4, -0.2) is 9.38 Å². The summed E-state index contributed by atoms with van der Waals surface area (Å²) in [7, 11) is 0. The van der Waals surface area contributed by atoms with Crippen molar-refractivity contribution in [3.63, 3.8) is 0 Å². The first-order chi connectivity index (χ1) is 6.91. The van der Waals surface area contributed by atoms with Crippen LogP contribution in [0.4, 0.5) is 5.69 Å². The molecule has 2 N–H and O–H groups in total. The van der Waals surface area contributed by atoms with Gasteiger partial charge in [-0.05, 0) is 19.1 Å². The number of nitrogen functional groups attached to an aromatic ring is 1. The van der Waals surface area contributed by atoms with Crippen LogP contribution in [0.5, 0.6) is 0 Å². The summed E-state index contributed by atoms with van der Waals surface area (Å²) in [6, 6.07) is 3.87. The van der Waals surface area contributed by atoms with E-state index in [1.165, 1.54) is 0 Å². The Bertz CT molecular complexity index is 503. The standard InChI is InChI=1S/C12H17N3/c1-8-10-9(13)6-5-7-15(10)11(14-8)12(2,3)4/h5-7H,13H2,1-4H3. The first-order valence-corrected chi connectivity index (χ1v) is 5.15. The molecule has 0 fully saturated rings. The maximum absolute atomic E-state index is 5.95. The second-order valence-electron chi connectivity index (χ2n) is 4.95. The number of nitrogens with zero attached hydrogens (tertiary/aromatic N) is 2. The first kappa shape index (κ1) is 10.0. The molecule has 15 heavy (non-hydrogen) atoms. The Kier molecular flexibility index (Phi) is 2.00. The number of anilines is 1. The molecule has 0 saturated heterocycles. The number of pyridine rings is 1. The Morgan fingerprint density at radius 2 is 2.00 bits per heavy atom. The van der Waals surface area contributed by atoms with Crippen LogP contribution in [0.3, 0.4) is 0 Å². The van der Waals surface area contributed by atoms with Gasteiger partial charge < -0.3 is 10.1 Å². The van der Waals surface area contributed by atoms with E-state index in [9.17, 15) is 0 Å². The number of aromatic nitrogens is 2. The highest BCUT2D eigenvalue weighted by Gasteiger charge is 2.21. The molecule has 2 heterocycles. The Labute approximate surface area is 89.9 Å². The zero-order valence-electron chi connectivity index (χ0n) is 9.70. The molecule has 0 amide bonds. The largest absolute Gasteiger partial charge is 0.397 e. The Morgan fingerprint density at radius 3 is 2.60 bits per heavy atom. The van der Waals surface area contributed by atoms with Gasteiger partial charge in [0.1, 0.15) is 5.82 Å². The van der Waals surface area contributed by atoms with Crippen LogP contribution in [0.1, 0.15) is 32.3 Å². The molecule has 3 heteroatoms. The normalized spacial score (nSPS) is 12.3. The molecule has 0 unspecified atom stereocenters. The monoisotopic (exact) mass is 203 g/mol. The van der Waals surface area contributed by atoms with Crippen LogP contribution < -0.4 is 5.73 Å². The number of fused-ring (bicyclic) bond motifs is 1. The van der Waals surface area contributed by atoms with Gasteiger partial charge in [0.15, 0.2) is 0 Å². The zero-order chi connectivity index (χ0) is 11.2. The van der Waals surface area contributed by atoms with Crippen molar-refractivity contribution < 1.29 is 0 Å². The minimum atomic E-state index is 0.0327. The van der Waals surface area contributed by atoms with Gasteiger partial charge >= 0.3 is 0 Å². The van der Waals surface area contributed by atoms with Gasteiger partial charge in [-0.1, -0.05) is 20.8 Å². The van der Waals surface area contributed by atoms with E-state index in [0.29, 0.717) is 0 Å². The lowest BCUT2D eigenvalue weighted by molar-refractivity contribution is 0.542. The predicted molar refractivity (Wildman–Crippen MR) is 63.0 cm³/mol. The molecule has 3 nitrogen and oxygen atoms in total. The molecule has 2 rings (SSSR count). The maximum atomic E-state index is 5.95. The third-order valence-corrected chi connectivity index (χ3v) is 2.54. The molecule has 0 aliphatic carbocycles. The third-order valence-electron chi connectivity index (χ3n) is 2.54. The van der Waals surface area contributed by atoms with E-state index in [2.05, 4.69) is 30.2 Å². The number of imidazole rings is 1. The van der Waals surface area contributed by atoms with Gasteiger partial charge in [-0.15, -0.1) is 0 Å². The van der Waals surface area contributed by atoms with E-state index >= 15 is 0 Å². The molecule has 2 aromatic rings. The van der Waals surface area contributed by atoms with Crippen LogP contribution in [0.2, 0.25) is 0 Å². The smallest absolute Gasteiger partial charge is 0.119 e. The van der Waals surface area contributed by atoms with Crippen LogP contribution in [0.15, 0.2) is 18.3 Å². The molecule has 0 spiro atoms. The van der Waals surface area contributed by atoms with Crippen LogP contribution in [-0.2, 0) is 5.41 Å². The van der Waals surface area contributed by atoms with Crippen molar-refractivity contribution >= 4 is 11.2 Å². The summed E-state index contributed by atoms with van der Waals surface area (Å²) < 4.78 is 2.09. The van der Waals surface area contributed by atoms with Crippen molar-refractivity contribution in [2.75, 3.05) is 5.73 Å². The number of rotatable bonds is 0. The van der Waals surface area contributed by atoms with Crippen LogP contribution >= 0.6 is 0 Å². The number of hydrogen-bond donors (Lipinski definition) is 1. The fourth-order valence-electron chi connectivity index (χ4n) is 1.88. The zero-order valence-corrected chi connectivity index (χ0v) is 9.70. The first-order valence-electron chi connectivity index (χ1n) is 5.15. The fourth-order valence-corrected chi connectivity index (χ4v) is 1.88. The summed E-state index contributed by atoms with van der Waals surface area (Å²) in [5.41, 5.74) is 8.80. The molecule has 2 aromatic heterocycles. The van der Waals surface area contributed by atoms with Gasteiger partial charge in [-0.3, -0.25) is 0 Å². The second-order valence-corrected chi connectivity index (χ2v) is 4.95. The van der Waals surface area contributed by atoms with Crippen molar-refractivity contribution in [3.8, 4) is 0 Å². The highest BCUT2D eigenvalue weighted by atomic mass is 15.0. The van der Waals surface area contributed by atoms with Gasteiger partial charge in [0, 0.05) is 11.6 Å². The van der Waals surface area contributed by atoms with Gasteiger partial charge in [0.25, 0.3) is 0 Å². The highest BCUT2D eigenvalue weighted by molar-refractivity contribution is 5.72. The molecular weight excluding hydrogens is 186 g/mol. The average Bonchev–Trinajstić information content (AvgIpc) is 2.44. The number of hydrogen-bond acceptors (Lipinski definition) is 2. The molecular formula is C12H17N3.